The molecule has 1 saturated carbocycles. The van der Waals surface area contributed by atoms with Gasteiger partial charge < -0.3 is 10.1 Å². The van der Waals surface area contributed by atoms with Gasteiger partial charge in [0.15, 0.2) is 0 Å². The quantitative estimate of drug-likeness (QED) is 0.790. The second-order valence-corrected chi connectivity index (χ2v) is 6.44. The third-order valence-electron chi connectivity index (χ3n) is 4.74. The average molecular weight is 307 g/mol. The number of ether oxygens (including phenoxy) is 1. The van der Waals surface area contributed by atoms with E-state index in [9.17, 15) is 4.79 Å². The van der Waals surface area contributed by atoms with Crippen LogP contribution in [-0.2, 0) is 22.6 Å². The first-order valence-electron chi connectivity index (χ1n) is 8.03. The van der Waals surface area contributed by atoms with Crippen molar-refractivity contribution in [3.63, 3.8) is 0 Å². The van der Waals surface area contributed by atoms with Crippen molar-refractivity contribution in [2.45, 2.75) is 44.3 Å². The topological polar surface area (TPSA) is 72.3 Å². The van der Waals surface area contributed by atoms with Crippen LogP contribution in [-0.4, -0.2) is 58.6 Å². The standard InChI is InChI=1S/C15H25N5O2/c1-16-14(21)15(11-22-2)6-3-7-19(15)9-13-10-20(18-17-13)8-12-4-5-12/h10,12H,3-9,11H2,1-2H3,(H,16,21). The molecule has 1 unspecified atom stereocenters. The Morgan fingerprint density at radius 2 is 2.36 bits per heavy atom. The van der Waals surface area contributed by atoms with Crippen molar-refractivity contribution in [2.75, 3.05) is 27.3 Å². The molecule has 1 aliphatic heterocycles. The molecule has 1 aromatic rings. The molecule has 2 fully saturated rings. The van der Waals surface area contributed by atoms with Gasteiger partial charge in [-0.25, -0.2) is 0 Å². The van der Waals surface area contributed by atoms with Crippen LogP contribution in [0.1, 0.15) is 31.4 Å². The summed E-state index contributed by atoms with van der Waals surface area (Å²) in [5.41, 5.74) is 0.343. The number of carbonyl (C=O) groups excluding carboxylic acids is 1. The molecule has 22 heavy (non-hydrogen) atoms. The first-order valence-corrected chi connectivity index (χ1v) is 8.03. The Hall–Kier alpha value is -1.47. The molecule has 0 spiro atoms. The summed E-state index contributed by atoms with van der Waals surface area (Å²) in [6, 6.07) is 0. The molecule has 0 radical (unpaired) electrons. The molecule has 122 valence electrons. The van der Waals surface area contributed by atoms with Crippen LogP contribution >= 0.6 is 0 Å². The molecule has 0 aromatic carbocycles. The third-order valence-corrected chi connectivity index (χ3v) is 4.74. The van der Waals surface area contributed by atoms with Crippen LogP contribution in [0.3, 0.4) is 0 Å². The highest BCUT2D eigenvalue weighted by Gasteiger charge is 2.47. The molecule has 1 amide bonds. The molecule has 3 rings (SSSR count). The van der Waals surface area contributed by atoms with Crippen LogP contribution in [0.4, 0.5) is 0 Å². The van der Waals surface area contributed by atoms with Gasteiger partial charge in [0.2, 0.25) is 5.91 Å². The summed E-state index contributed by atoms with van der Waals surface area (Å²) in [5, 5.41) is 11.3. The predicted octanol–water partition coefficient (Wildman–Crippen LogP) is 0.415. The van der Waals surface area contributed by atoms with E-state index in [1.165, 1.54) is 12.8 Å². The highest BCUT2D eigenvalue weighted by Crippen LogP contribution is 2.32. The number of likely N-dealkylation sites (tertiary alicyclic amines) is 1. The first-order chi connectivity index (χ1) is 10.7. The Labute approximate surface area is 131 Å². The van der Waals surface area contributed by atoms with Crippen molar-refractivity contribution in [2.24, 2.45) is 5.92 Å². The van der Waals surface area contributed by atoms with E-state index in [1.54, 1.807) is 14.2 Å². The van der Waals surface area contributed by atoms with Crippen LogP contribution in [0.25, 0.3) is 0 Å². The van der Waals surface area contributed by atoms with Crippen molar-refractivity contribution in [3.05, 3.63) is 11.9 Å². The zero-order chi connectivity index (χ0) is 15.6. The highest BCUT2D eigenvalue weighted by atomic mass is 16.5. The maximum atomic E-state index is 12.4. The fraction of sp³-hybridized carbons (Fsp3) is 0.800. The number of hydrogen-bond donors (Lipinski definition) is 1. The van der Waals surface area contributed by atoms with E-state index >= 15 is 0 Å². The fourth-order valence-corrected chi connectivity index (χ4v) is 3.38. The average Bonchev–Trinajstić information content (AvgIpc) is 3.07. The number of rotatable bonds is 7. The largest absolute Gasteiger partial charge is 0.382 e. The van der Waals surface area contributed by atoms with Crippen LogP contribution < -0.4 is 5.32 Å². The van der Waals surface area contributed by atoms with E-state index in [2.05, 4.69) is 20.5 Å². The molecule has 1 aromatic heterocycles. The van der Waals surface area contributed by atoms with Gasteiger partial charge in [0, 0.05) is 33.4 Å². The lowest BCUT2D eigenvalue weighted by Gasteiger charge is -2.35. The maximum absolute atomic E-state index is 12.4. The summed E-state index contributed by atoms with van der Waals surface area (Å²) >= 11 is 0. The van der Waals surface area contributed by atoms with Gasteiger partial charge in [-0.2, -0.15) is 0 Å². The number of likely N-dealkylation sites (N-methyl/N-ethyl adjacent to an activating group) is 1. The number of hydrogen-bond acceptors (Lipinski definition) is 5. The number of amides is 1. The number of nitrogens with one attached hydrogen (secondary N) is 1. The monoisotopic (exact) mass is 307 g/mol. The molecule has 7 heteroatoms. The Kier molecular flexibility index (Phi) is 4.44. The van der Waals surface area contributed by atoms with Gasteiger partial charge in [-0.3, -0.25) is 14.4 Å². The second-order valence-electron chi connectivity index (χ2n) is 6.44. The maximum Gasteiger partial charge on any atom is 0.242 e. The van der Waals surface area contributed by atoms with Crippen molar-refractivity contribution < 1.29 is 9.53 Å². The zero-order valence-corrected chi connectivity index (χ0v) is 13.4. The lowest BCUT2D eigenvalue weighted by molar-refractivity contribution is -0.135. The molecule has 0 bridgehead atoms. The summed E-state index contributed by atoms with van der Waals surface area (Å²) < 4.78 is 7.27. The predicted molar refractivity (Wildman–Crippen MR) is 81.1 cm³/mol. The molecule has 7 nitrogen and oxygen atoms in total. The summed E-state index contributed by atoms with van der Waals surface area (Å²) in [4.78, 5) is 14.6. The molecule has 1 N–H and O–H groups in total. The van der Waals surface area contributed by atoms with E-state index in [1.807, 2.05) is 10.9 Å². The van der Waals surface area contributed by atoms with Gasteiger partial charge in [-0.15, -0.1) is 5.10 Å². The van der Waals surface area contributed by atoms with Gasteiger partial charge in [-0.05, 0) is 38.1 Å². The van der Waals surface area contributed by atoms with Crippen molar-refractivity contribution in [1.82, 2.24) is 25.2 Å². The lowest BCUT2D eigenvalue weighted by Crippen LogP contribution is -2.57. The molecule has 2 aliphatic rings. The highest BCUT2D eigenvalue weighted by molar-refractivity contribution is 5.86. The molecule has 2 heterocycles. The van der Waals surface area contributed by atoms with Gasteiger partial charge in [0.05, 0.1) is 12.3 Å². The number of nitrogens with zero attached hydrogens (tertiary/aromatic N) is 4. The Morgan fingerprint density at radius 1 is 1.55 bits per heavy atom. The molecule has 1 saturated heterocycles. The van der Waals surface area contributed by atoms with Gasteiger partial charge >= 0.3 is 0 Å². The SMILES string of the molecule is CNC(=O)C1(COC)CCCN1Cc1cn(CC2CC2)nn1. The van der Waals surface area contributed by atoms with Crippen LogP contribution in [0.2, 0.25) is 0 Å². The Bertz CT molecular complexity index is 528. The minimum Gasteiger partial charge on any atom is -0.382 e. The van der Waals surface area contributed by atoms with Gasteiger partial charge in [-0.1, -0.05) is 5.21 Å². The van der Waals surface area contributed by atoms with Crippen molar-refractivity contribution in [1.29, 1.82) is 0 Å². The smallest absolute Gasteiger partial charge is 0.242 e. The van der Waals surface area contributed by atoms with Crippen LogP contribution in [0, 0.1) is 5.92 Å². The third kappa shape index (κ3) is 3.01. The molecular weight excluding hydrogens is 282 g/mol. The summed E-state index contributed by atoms with van der Waals surface area (Å²) in [5.74, 6) is 0.803. The van der Waals surface area contributed by atoms with E-state index in [0.717, 1.165) is 37.5 Å². The lowest BCUT2D eigenvalue weighted by atomic mass is 9.95. The summed E-state index contributed by atoms with van der Waals surface area (Å²) in [6.45, 7) is 2.89. The minimum absolute atomic E-state index is 0.0252. The Morgan fingerprint density at radius 3 is 3.05 bits per heavy atom. The van der Waals surface area contributed by atoms with Crippen LogP contribution in [0.5, 0.6) is 0 Å². The van der Waals surface area contributed by atoms with E-state index < -0.39 is 5.54 Å². The van der Waals surface area contributed by atoms with Crippen LogP contribution in [0.15, 0.2) is 6.20 Å². The van der Waals surface area contributed by atoms with Crippen molar-refractivity contribution in [3.8, 4) is 0 Å². The molecule has 1 aliphatic carbocycles. The van der Waals surface area contributed by atoms with Crippen molar-refractivity contribution >= 4 is 5.91 Å². The second kappa shape index (κ2) is 6.34. The molecule has 1 atom stereocenters. The summed E-state index contributed by atoms with van der Waals surface area (Å²) in [7, 11) is 3.33. The molecular formula is C15H25N5O2. The number of carbonyl (C=O) groups is 1. The Balaban J connectivity index is 1.71. The van der Waals surface area contributed by atoms with E-state index in [0.29, 0.717) is 13.2 Å². The number of aromatic nitrogens is 3. The fourth-order valence-electron chi connectivity index (χ4n) is 3.38. The first kappa shape index (κ1) is 15.4. The summed E-state index contributed by atoms with van der Waals surface area (Å²) in [6.07, 6.45) is 6.42. The van der Waals surface area contributed by atoms with Gasteiger partial charge in [0.1, 0.15) is 5.54 Å². The number of methoxy groups -OCH3 is 1. The van der Waals surface area contributed by atoms with E-state index in [4.69, 9.17) is 4.74 Å². The zero-order valence-electron chi connectivity index (χ0n) is 13.4. The van der Waals surface area contributed by atoms with E-state index in [-0.39, 0.29) is 5.91 Å². The normalized spacial score (nSPS) is 25.5. The minimum atomic E-state index is -0.580. The van der Waals surface area contributed by atoms with Gasteiger partial charge in [0.25, 0.3) is 0 Å².